The molecular weight excluding hydrogens is 348 g/mol. The van der Waals surface area contributed by atoms with Gasteiger partial charge >= 0.3 is 0 Å². The second-order valence-corrected chi connectivity index (χ2v) is 7.76. The summed E-state index contributed by atoms with van der Waals surface area (Å²) in [7, 11) is 0. The van der Waals surface area contributed by atoms with E-state index in [2.05, 4.69) is 41.4 Å². The summed E-state index contributed by atoms with van der Waals surface area (Å²) < 4.78 is 0. The van der Waals surface area contributed by atoms with Crippen LogP contribution in [0.1, 0.15) is 58.8 Å². The third-order valence-electron chi connectivity index (χ3n) is 5.49. The average Bonchev–Trinajstić information content (AvgIpc) is 3.22. The molecule has 1 saturated heterocycles. The summed E-state index contributed by atoms with van der Waals surface area (Å²) in [5.41, 5.74) is 4.28. The van der Waals surface area contributed by atoms with Crippen LogP contribution in [0.4, 0.5) is 0 Å². The molecule has 1 aliphatic rings. The van der Waals surface area contributed by atoms with Crippen LogP contribution in [-0.4, -0.2) is 36.2 Å². The summed E-state index contributed by atoms with van der Waals surface area (Å²) in [6.45, 7) is 6.80. The van der Waals surface area contributed by atoms with E-state index in [1.165, 1.54) is 24.0 Å². The van der Waals surface area contributed by atoms with Crippen molar-refractivity contribution >= 4 is 11.7 Å². The van der Waals surface area contributed by atoms with Crippen molar-refractivity contribution in [3.05, 3.63) is 70.8 Å². The quantitative estimate of drug-likeness (QED) is 0.700. The number of amides is 1. The lowest BCUT2D eigenvalue weighted by Gasteiger charge is -2.28. The van der Waals surface area contributed by atoms with Gasteiger partial charge in [-0.25, -0.2) is 0 Å². The molecule has 3 rings (SSSR count). The number of likely N-dealkylation sites (tertiary alicyclic amines) is 1. The Morgan fingerprint density at radius 3 is 2.07 bits per heavy atom. The van der Waals surface area contributed by atoms with Crippen LogP contribution in [0.5, 0.6) is 0 Å². The molecule has 1 atom stereocenters. The summed E-state index contributed by atoms with van der Waals surface area (Å²) in [6, 6.07) is 16.3. The number of carbonyl (C=O) groups excluding carboxylic acids is 2. The standard InChI is InChI=1S/C24H30N2O2/c1-18-5-9-20(10-6-18)22(26-15-3-4-16-26)17-25-24(28)14-13-23(27)21-11-7-19(2)8-12-21/h5-12,22H,3-4,13-17H2,1-2H3,(H,25,28). The molecule has 0 bridgehead atoms. The van der Waals surface area contributed by atoms with E-state index in [-0.39, 0.29) is 30.6 Å². The van der Waals surface area contributed by atoms with Crippen LogP contribution in [0.2, 0.25) is 0 Å². The van der Waals surface area contributed by atoms with E-state index < -0.39 is 0 Å². The number of rotatable bonds is 8. The first-order chi connectivity index (χ1) is 13.5. The zero-order chi connectivity index (χ0) is 19.9. The average molecular weight is 379 g/mol. The monoisotopic (exact) mass is 378 g/mol. The fourth-order valence-corrected chi connectivity index (χ4v) is 3.71. The van der Waals surface area contributed by atoms with Gasteiger partial charge in [-0.3, -0.25) is 14.5 Å². The Balaban J connectivity index is 1.53. The molecule has 1 aliphatic heterocycles. The van der Waals surface area contributed by atoms with Crippen molar-refractivity contribution in [1.82, 2.24) is 10.2 Å². The van der Waals surface area contributed by atoms with E-state index in [9.17, 15) is 9.59 Å². The molecule has 1 N–H and O–H groups in total. The zero-order valence-corrected chi connectivity index (χ0v) is 16.9. The first-order valence-corrected chi connectivity index (χ1v) is 10.2. The van der Waals surface area contributed by atoms with Gasteiger partial charge in [-0.05, 0) is 45.3 Å². The summed E-state index contributed by atoms with van der Waals surface area (Å²) in [5.74, 6) is -0.0402. The van der Waals surface area contributed by atoms with E-state index in [1.54, 1.807) is 0 Å². The smallest absolute Gasteiger partial charge is 0.220 e. The van der Waals surface area contributed by atoms with E-state index in [4.69, 9.17) is 0 Å². The SMILES string of the molecule is Cc1ccc(C(=O)CCC(=O)NCC(c2ccc(C)cc2)N2CCCC2)cc1. The van der Waals surface area contributed by atoms with Gasteiger partial charge in [-0.2, -0.15) is 0 Å². The predicted octanol–water partition coefficient (Wildman–Crippen LogP) is 4.22. The summed E-state index contributed by atoms with van der Waals surface area (Å²) in [5, 5.41) is 3.06. The van der Waals surface area contributed by atoms with Gasteiger partial charge < -0.3 is 5.32 Å². The largest absolute Gasteiger partial charge is 0.354 e. The van der Waals surface area contributed by atoms with Crippen molar-refractivity contribution < 1.29 is 9.59 Å². The number of carbonyl (C=O) groups is 2. The molecule has 0 spiro atoms. The van der Waals surface area contributed by atoms with Crippen LogP contribution in [0.3, 0.4) is 0 Å². The van der Waals surface area contributed by atoms with E-state index >= 15 is 0 Å². The molecule has 0 aliphatic carbocycles. The second kappa shape index (κ2) is 9.65. The molecule has 2 aromatic carbocycles. The molecule has 0 radical (unpaired) electrons. The molecule has 28 heavy (non-hydrogen) atoms. The van der Waals surface area contributed by atoms with Crippen molar-refractivity contribution in [3.8, 4) is 0 Å². The molecule has 4 nitrogen and oxygen atoms in total. The number of aryl methyl sites for hydroxylation is 2. The fraction of sp³-hybridized carbons (Fsp3) is 0.417. The Bertz CT molecular complexity index is 790. The van der Waals surface area contributed by atoms with Crippen molar-refractivity contribution in [1.29, 1.82) is 0 Å². The highest BCUT2D eigenvalue weighted by Crippen LogP contribution is 2.25. The van der Waals surface area contributed by atoms with Crippen molar-refractivity contribution in [2.45, 2.75) is 45.6 Å². The highest BCUT2D eigenvalue weighted by atomic mass is 16.2. The summed E-state index contributed by atoms with van der Waals surface area (Å²) in [4.78, 5) is 27.1. The minimum Gasteiger partial charge on any atom is -0.354 e. The minimum absolute atomic E-state index is 0.0183. The highest BCUT2D eigenvalue weighted by Gasteiger charge is 2.24. The third kappa shape index (κ3) is 5.52. The van der Waals surface area contributed by atoms with Crippen LogP contribution in [0, 0.1) is 13.8 Å². The van der Waals surface area contributed by atoms with Gasteiger partial charge in [0, 0.05) is 24.9 Å². The fourth-order valence-electron chi connectivity index (χ4n) is 3.71. The van der Waals surface area contributed by atoms with Crippen LogP contribution in [-0.2, 0) is 4.79 Å². The maximum absolute atomic E-state index is 12.4. The molecule has 148 valence electrons. The Morgan fingerprint density at radius 1 is 0.893 bits per heavy atom. The topological polar surface area (TPSA) is 49.4 Å². The number of ketones is 1. The zero-order valence-electron chi connectivity index (χ0n) is 16.9. The van der Waals surface area contributed by atoms with Crippen molar-refractivity contribution in [2.75, 3.05) is 19.6 Å². The molecule has 1 amide bonds. The lowest BCUT2D eigenvalue weighted by atomic mass is 10.0. The van der Waals surface area contributed by atoms with Crippen LogP contribution in [0.15, 0.2) is 48.5 Å². The summed E-state index contributed by atoms with van der Waals surface area (Å²) in [6.07, 6.45) is 2.89. The molecule has 4 heteroatoms. The second-order valence-electron chi connectivity index (χ2n) is 7.76. The minimum atomic E-state index is -0.0585. The van der Waals surface area contributed by atoms with E-state index in [1.807, 2.05) is 31.2 Å². The van der Waals surface area contributed by atoms with Gasteiger partial charge in [-0.1, -0.05) is 59.7 Å². The number of benzene rings is 2. The van der Waals surface area contributed by atoms with Crippen LogP contribution < -0.4 is 5.32 Å². The Hall–Kier alpha value is -2.46. The summed E-state index contributed by atoms with van der Waals surface area (Å²) >= 11 is 0. The van der Waals surface area contributed by atoms with Crippen LogP contribution >= 0.6 is 0 Å². The lowest BCUT2D eigenvalue weighted by molar-refractivity contribution is -0.121. The Labute approximate surface area is 167 Å². The van der Waals surface area contributed by atoms with Gasteiger partial charge in [-0.15, -0.1) is 0 Å². The van der Waals surface area contributed by atoms with Gasteiger partial charge in [0.2, 0.25) is 5.91 Å². The Kier molecular flexibility index (Phi) is 6.99. The molecule has 0 saturated carbocycles. The first kappa shape index (κ1) is 20.3. The number of nitrogens with one attached hydrogen (secondary N) is 1. The normalized spacial score (nSPS) is 15.4. The molecule has 2 aromatic rings. The molecular formula is C24H30N2O2. The number of hydrogen-bond acceptors (Lipinski definition) is 3. The Morgan fingerprint density at radius 2 is 1.46 bits per heavy atom. The van der Waals surface area contributed by atoms with E-state index in [0.717, 1.165) is 18.7 Å². The van der Waals surface area contributed by atoms with Gasteiger partial charge in [0.1, 0.15) is 0 Å². The molecule has 1 heterocycles. The van der Waals surface area contributed by atoms with Crippen LogP contribution in [0.25, 0.3) is 0 Å². The van der Waals surface area contributed by atoms with Gasteiger partial charge in [0.25, 0.3) is 0 Å². The maximum Gasteiger partial charge on any atom is 0.220 e. The van der Waals surface area contributed by atoms with Gasteiger partial charge in [0.05, 0.1) is 6.04 Å². The number of Topliss-reactive ketones (excluding diaryl/α,β-unsaturated/α-hetero) is 1. The molecule has 1 unspecified atom stereocenters. The number of hydrogen-bond donors (Lipinski definition) is 1. The third-order valence-corrected chi connectivity index (χ3v) is 5.49. The van der Waals surface area contributed by atoms with Gasteiger partial charge in [0.15, 0.2) is 5.78 Å². The highest BCUT2D eigenvalue weighted by molar-refractivity contribution is 5.97. The first-order valence-electron chi connectivity index (χ1n) is 10.2. The molecule has 0 aromatic heterocycles. The van der Waals surface area contributed by atoms with E-state index in [0.29, 0.717) is 12.1 Å². The maximum atomic E-state index is 12.4. The molecule has 1 fully saturated rings. The number of nitrogens with zero attached hydrogens (tertiary/aromatic N) is 1. The van der Waals surface area contributed by atoms with Crippen molar-refractivity contribution in [3.63, 3.8) is 0 Å². The lowest BCUT2D eigenvalue weighted by Crippen LogP contribution is -2.36. The van der Waals surface area contributed by atoms with Crippen molar-refractivity contribution in [2.24, 2.45) is 0 Å². The predicted molar refractivity (Wildman–Crippen MR) is 112 cm³/mol.